The van der Waals surface area contributed by atoms with Crippen molar-refractivity contribution in [2.75, 3.05) is 24.7 Å². The average molecular weight is 494 g/mol. The van der Waals surface area contributed by atoms with E-state index in [1.165, 1.54) is 4.90 Å². The lowest BCUT2D eigenvalue weighted by atomic mass is 9.89. The molecule has 1 atom stereocenters. The minimum absolute atomic E-state index is 0.0936. The van der Waals surface area contributed by atoms with Gasteiger partial charge in [0.15, 0.2) is 0 Å². The van der Waals surface area contributed by atoms with E-state index in [2.05, 4.69) is 22.8 Å². The Kier molecular flexibility index (Phi) is 8.14. The van der Waals surface area contributed by atoms with Crippen LogP contribution in [0.4, 0.5) is 10.5 Å². The Labute approximate surface area is 209 Å². The molecule has 0 bridgehead atoms. The summed E-state index contributed by atoms with van der Waals surface area (Å²) in [5.41, 5.74) is 3.51. The lowest BCUT2D eigenvalue weighted by molar-refractivity contribution is 0.0950. The van der Waals surface area contributed by atoms with Crippen LogP contribution in [0.25, 0.3) is 0 Å². The maximum absolute atomic E-state index is 12.8. The van der Waals surface area contributed by atoms with E-state index >= 15 is 0 Å². The maximum atomic E-state index is 12.8. The van der Waals surface area contributed by atoms with Crippen LogP contribution >= 0.6 is 23.4 Å². The zero-order chi connectivity index (χ0) is 23.9. The lowest BCUT2D eigenvalue weighted by Crippen LogP contribution is -2.41. The van der Waals surface area contributed by atoms with Gasteiger partial charge in [0.25, 0.3) is 5.91 Å². The standard InChI is InChI=1S/C27H28ClN3O2S/c1-34-25-13-7-19(8-14-25)17-29-26(32)21-5-2-4-20(16-21)22-6-3-15-31(18-22)27(33)30-24-11-9-23(28)10-12-24/h2,4-5,7-14,16,22H,3,6,15,17-18H2,1H3,(H,29,32)(H,30,33). The van der Waals surface area contributed by atoms with Crippen LogP contribution in [0.15, 0.2) is 77.7 Å². The summed E-state index contributed by atoms with van der Waals surface area (Å²) >= 11 is 7.62. The molecule has 3 amide bonds. The molecule has 1 saturated heterocycles. The molecule has 3 aromatic carbocycles. The number of anilines is 1. The molecule has 7 heteroatoms. The smallest absolute Gasteiger partial charge is 0.321 e. The first-order valence-electron chi connectivity index (χ1n) is 11.3. The first-order chi connectivity index (χ1) is 16.5. The topological polar surface area (TPSA) is 61.4 Å². The van der Waals surface area contributed by atoms with E-state index in [-0.39, 0.29) is 17.9 Å². The number of benzene rings is 3. The van der Waals surface area contributed by atoms with Crippen LogP contribution in [0.3, 0.4) is 0 Å². The maximum Gasteiger partial charge on any atom is 0.321 e. The van der Waals surface area contributed by atoms with Crippen molar-refractivity contribution in [3.8, 4) is 0 Å². The Morgan fingerprint density at radius 3 is 2.56 bits per heavy atom. The van der Waals surface area contributed by atoms with Gasteiger partial charge < -0.3 is 15.5 Å². The molecule has 0 spiro atoms. The van der Waals surface area contributed by atoms with Gasteiger partial charge in [0.2, 0.25) is 0 Å². The van der Waals surface area contributed by atoms with Gasteiger partial charge in [-0.25, -0.2) is 4.79 Å². The molecule has 5 nitrogen and oxygen atoms in total. The molecule has 176 valence electrons. The minimum Gasteiger partial charge on any atom is -0.348 e. The predicted molar refractivity (Wildman–Crippen MR) is 140 cm³/mol. The summed E-state index contributed by atoms with van der Waals surface area (Å²) < 4.78 is 0. The van der Waals surface area contributed by atoms with Crippen molar-refractivity contribution in [2.24, 2.45) is 0 Å². The number of amides is 3. The van der Waals surface area contributed by atoms with Gasteiger partial charge in [0, 0.05) is 46.7 Å². The SMILES string of the molecule is CSc1ccc(CNC(=O)c2cccc(C3CCCN(C(=O)Nc4ccc(Cl)cc4)C3)c2)cc1. The molecule has 0 aromatic heterocycles. The predicted octanol–water partition coefficient (Wildman–Crippen LogP) is 6.40. The van der Waals surface area contributed by atoms with Crippen LogP contribution in [0, 0.1) is 0 Å². The van der Waals surface area contributed by atoms with Crippen molar-refractivity contribution >= 4 is 41.0 Å². The minimum atomic E-state index is -0.117. The third kappa shape index (κ3) is 6.33. The van der Waals surface area contributed by atoms with Crippen LogP contribution in [0.1, 0.15) is 40.2 Å². The third-order valence-electron chi connectivity index (χ3n) is 6.04. The number of likely N-dealkylation sites (tertiary alicyclic amines) is 1. The van der Waals surface area contributed by atoms with Gasteiger partial charge >= 0.3 is 6.03 Å². The Hall–Kier alpha value is -2.96. The molecule has 1 heterocycles. The monoisotopic (exact) mass is 493 g/mol. The summed E-state index contributed by atoms with van der Waals surface area (Å²) in [7, 11) is 0. The largest absolute Gasteiger partial charge is 0.348 e. The number of hydrogen-bond acceptors (Lipinski definition) is 3. The molecule has 0 aliphatic carbocycles. The van der Waals surface area contributed by atoms with Gasteiger partial charge in [-0.05, 0) is 78.8 Å². The van der Waals surface area contributed by atoms with Gasteiger partial charge in [0.05, 0.1) is 0 Å². The van der Waals surface area contributed by atoms with Crippen molar-refractivity contribution in [1.82, 2.24) is 10.2 Å². The summed E-state index contributed by atoms with van der Waals surface area (Å²) in [6.07, 6.45) is 3.94. The van der Waals surface area contributed by atoms with E-state index in [0.717, 1.165) is 29.7 Å². The van der Waals surface area contributed by atoms with Crippen LogP contribution in [0.5, 0.6) is 0 Å². The fraction of sp³-hybridized carbons (Fsp3) is 0.259. The first-order valence-corrected chi connectivity index (χ1v) is 12.9. The molecule has 1 aliphatic rings. The number of nitrogens with zero attached hydrogens (tertiary/aromatic N) is 1. The number of piperidine rings is 1. The molecule has 34 heavy (non-hydrogen) atoms. The van der Waals surface area contributed by atoms with Gasteiger partial charge in [-0.1, -0.05) is 35.9 Å². The number of urea groups is 1. The average Bonchev–Trinajstić information content (AvgIpc) is 2.89. The molecule has 1 aliphatic heterocycles. The summed E-state index contributed by atoms with van der Waals surface area (Å²) in [5, 5.41) is 6.59. The van der Waals surface area contributed by atoms with E-state index in [1.54, 1.807) is 36.0 Å². The fourth-order valence-electron chi connectivity index (χ4n) is 4.13. The summed E-state index contributed by atoms with van der Waals surface area (Å²) in [4.78, 5) is 28.6. The molecule has 1 unspecified atom stereocenters. The van der Waals surface area contributed by atoms with Crippen molar-refractivity contribution in [3.05, 3.63) is 94.5 Å². The van der Waals surface area contributed by atoms with Gasteiger partial charge in [-0.15, -0.1) is 11.8 Å². The van der Waals surface area contributed by atoms with E-state index in [4.69, 9.17) is 11.6 Å². The molecule has 0 radical (unpaired) electrons. The summed E-state index contributed by atoms with van der Waals surface area (Å²) in [5.74, 6) is 0.0977. The van der Waals surface area contributed by atoms with Crippen molar-refractivity contribution in [3.63, 3.8) is 0 Å². The van der Waals surface area contributed by atoms with Crippen molar-refractivity contribution < 1.29 is 9.59 Å². The number of nitrogens with one attached hydrogen (secondary N) is 2. The van der Waals surface area contributed by atoms with Crippen LogP contribution < -0.4 is 10.6 Å². The van der Waals surface area contributed by atoms with E-state index < -0.39 is 0 Å². The molecule has 4 rings (SSSR count). The third-order valence-corrected chi connectivity index (χ3v) is 7.03. The molecule has 3 aromatic rings. The Bertz CT molecular complexity index is 1140. The van der Waals surface area contributed by atoms with Gasteiger partial charge in [-0.2, -0.15) is 0 Å². The second-order valence-corrected chi connectivity index (χ2v) is 9.69. The van der Waals surface area contributed by atoms with Crippen molar-refractivity contribution in [1.29, 1.82) is 0 Å². The summed E-state index contributed by atoms with van der Waals surface area (Å²) in [6, 6.07) is 22.9. The highest BCUT2D eigenvalue weighted by Gasteiger charge is 2.25. The fourth-order valence-corrected chi connectivity index (χ4v) is 4.67. The first kappa shape index (κ1) is 24.2. The normalized spacial score (nSPS) is 15.6. The highest BCUT2D eigenvalue weighted by molar-refractivity contribution is 7.98. The van der Waals surface area contributed by atoms with Gasteiger partial charge in [0.1, 0.15) is 0 Å². The molecule has 1 fully saturated rings. The number of carbonyl (C=O) groups excluding carboxylic acids is 2. The van der Waals surface area contributed by atoms with E-state index in [1.807, 2.05) is 47.6 Å². The Morgan fingerprint density at radius 1 is 1.06 bits per heavy atom. The van der Waals surface area contributed by atoms with E-state index in [0.29, 0.717) is 30.2 Å². The zero-order valence-corrected chi connectivity index (χ0v) is 20.7. The molecule has 0 saturated carbocycles. The van der Waals surface area contributed by atoms with Crippen LogP contribution in [-0.2, 0) is 6.54 Å². The Morgan fingerprint density at radius 2 is 1.82 bits per heavy atom. The quantitative estimate of drug-likeness (QED) is 0.390. The highest BCUT2D eigenvalue weighted by Crippen LogP contribution is 2.28. The number of hydrogen-bond donors (Lipinski definition) is 2. The zero-order valence-electron chi connectivity index (χ0n) is 19.1. The van der Waals surface area contributed by atoms with Crippen LogP contribution in [-0.4, -0.2) is 36.2 Å². The summed E-state index contributed by atoms with van der Waals surface area (Å²) in [6.45, 7) is 1.82. The number of thioether (sulfide) groups is 1. The number of halogens is 1. The lowest BCUT2D eigenvalue weighted by Gasteiger charge is -2.33. The van der Waals surface area contributed by atoms with Gasteiger partial charge in [-0.3, -0.25) is 4.79 Å². The molecular weight excluding hydrogens is 466 g/mol. The van der Waals surface area contributed by atoms with E-state index in [9.17, 15) is 9.59 Å². The van der Waals surface area contributed by atoms with Crippen LogP contribution in [0.2, 0.25) is 5.02 Å². The van der Waals surface area contributed by atoms with Crippen molar-refractivity contribution in [2.45, 2.75) is 30.2 Å². The molecular formula is C27H28ClN3O2S. The Balaban J connectivity index is 1.36. The number of carbonyl (C=O) groups is 2. The second kappa shape index (κ2) is 11.4. The highest BCUT2D eigenvalue weighted by atomic mass is 35.5. The number of rotatable bonds is 6. The second-order valence-electron chi connectivity index (χ2n) is 8.38. The molecule has 2 N–H and O–H groups in total.